The second kappa shape index (κ2) is 6.09. The van der Waals surface area contributed by atoms with E-state index in [2.05, 4.69) is 16.2 Å². The van der Waals surface area contributed by atoms with Gasteiger partial charge in [-0.2, -0.15) is 0 Å². The lowest BCUT2D eigenvalue weighted by Crippen LogP contribution is -2.31. The lowest BCUT2D eigenvalue weighted by Gasteiger charge is -2.17. The van der Waals surface area contributed by atoms with E-state index in [9.17, 15) is 4.79 Å². The van der Waals surface area contributed by atoms with Crippen molar-refractivity contribution in [2.45, 2.75) is 39.8 Å². The van der Waals surface area contributed by atoms with Gasteiger partial charge in [0.25, 0.3) is 5.56 Å². The van der Waals surface area contributed by atoms with Crippen LogP contribution in [0.2, 0.25) is 0 Å². The summed E-state index contributed by atoms with van der Waals surface area (Å²) in [7, 11) is 0. The quantitative estimate of drug-likeness (QED) is 0.788. The molecule has 0 bridgehead atoms. The minimum Gasteiger partial charge on any atom is -0.352 e. The first-order valence-electron chi connectivity index (χ1n) is 5.88. The zero-order valence-corrected chi connectivity index (χ0v) is 10.6. The Labute approximate surface area is 102 Å². The Morgan fingerprint density at radius 2 is 2.29 bits per heavy atom. The molecule has 17 heavy (non-hydrogen) atoms. The highest BCUT2D eigenvalue weighted by atomic mass is 16.1. The maximum Gasteiger partial charge on any atom is 0.293 e. The van der Waals surface area contributed by atoms with E-state index in [0.717, 1.165) is 6.42 Å². The van der Waals surface area contributed by atoms with Crippen molar-refractivity contribution in [1.82, 2.24) is 9.55 Å². The van der Waals surface area contributed by atoms with Gasteiger partial charge in [0.05, 0.1) is 6.04 Å². The van der Waals surface area contributed by atoms with Crippen molar-refractivity contribution in [2.75, 3.05) is 5.32 Å². The van der Waals surface area contributed by atoms with Crippen LogP contribution in [0.5, 0.6) is 0 Å². The fraction of sp³-hybridized carbons (Fsp3) is 0.538. The number of anilines is 1. The van der Waals surface area contributed by atoms with Gasteiger partial charge >= 0.3 is 0 Å². The maximum absolute atomic E-state index is 12.0. The molecule has 1 atom stereocenters. The summed E-state index contributed by atoms with van der Waals surface area (Å²) >= 11 is 0. The normalized spacial score (nSPS) is 12.2. The van der Waals surface area contributed by atoms with E-state index < -0.39 is 0 Å². The zero-order chi connectivity index (χ0) is 12.8. The van der Waals surface area contributed by atoms with Gasteiger partial charge in [0.1, 0.15) is 0 Å². The van der Waals surface area contributed by atoms with Gasteiger partial charge in [-0.15, -0.1) is 6.42 Å². The fourth-order valence-corrected chi connectivity index (χ4v) is 1.51. The second-order valence-corrected chi connectivity index (χ2v) is 4.31. The SMILES string of the molecule is C#CC(Nc1nccn(CCC)c1=O)C(C)C. The molecular formula is C13H19N3O. The topological polar surface area (TPSA) is 46.9 Å². The molecule has 0 saturated carbocycles. The Morgan fingerprint density at radius 1 is 1.59 bits per heavy atom. The number of nitrogens with zero attached hydrogens (tertiary/aromatic N) is 2. The minimum atomic E-state index is -0.173. The first kappa shape index (κ1) is 13.3. The van der Waals surface area contributed by atoms with Crippen molar-refractivity contribution >= 4 is 5.82 Å². The average molecular weight is 233 g/mol. The molecule has 0 aliphatic rings. The van der Waals surface area contributed by atoms with Gasteiger partial charge in [-0.25, -0.2) is 4.98 Å². The molecule has 1 N–H and O–H groups in total. The first-order chi connectivity index (χ1) is 8.10. The van der Waals surface area contributed by atoms with Gasteiger partial charge in [0.15, 0.2) is 5.82 Å². The molecule has 0 aromatic carbocycles. The van der Waals surface area contributed by atoms with Crippen LogP contribution in [-0.2, 0) is 6.54 Å². The number of terminal acetylenes is 1. The van der Waals surface area contributed by atoms with Gasteiger partial charge in [-0.05, 0) is 12.3 Å². The number of hydrogen-bond donors (Lipinski definition) is 1. The van der Waals surface area contributed by atoms with Crippen LogP contribution in [0, 0.1) is 18.3 Å². The van der Waals surface area contributed by atoms with Gasteiger partial charge in [0.2, 0.25) is 0 Å². The molecule has 0 amide bonds. The zero-order valence-electron chi connectivity index (χ0n) is 10.6. The fourth-order valence-electron chi connectivity index (χ4n) is 1.51. The molecule has 1 rings (SSSR count). The molecule has 0 fully saturated rings. The van der Waals surface area contributed by atoms with Crippen molar-refractivity contribution in [3.05, 3.63) is 22.7 Å². The highest BCUT2D eigenvalue weighted by Crippen LogP contribution is 2.05. The molecule has 0 saturated heterocycles. The van der Waals surface area contributed by atoms with Crippen LogP contribution in [-0.4, -0.2) is 15.6 Å². The summed E-state index contributed by atoms with van der Waals surface area (Å²) in [5, 5.41) is 3.01. The minimum absolute atomic E-state index is 0.116. The summed E-state index contributed by atoms with van der Waals surface area (Å²) in [6.07, 6.45) is 9.64. The van der Waals surface area contributed by atoms with E-state index in [-0.39, 0.29) is 17.5 Å². The van der Waals surface area contributed by atoms with Crippen LogP contribution >= 0.6 is 0 Å². The first-order valence-corrected chi connectivity index (χ1v) is 5.88. The third kappa shape index (κ3) is 3.35. The molecule has 1 heterocycles. The largest absolute Gasteiger partial charge is 0.352 e. The molecule has 1 unspecified atom stereocenters. The highest BCUT2D eigenvalue weighted by molar-refractivity contribution is 5.35. The summed E-state index contributed by atoms with van der Waals surface area (Å²) in [5.41, 5.74) is -0.116. The van der Waals surface area contributed by atoms with E-state index in [1.165, 1.54) is 0 Å². The summed E-state index contributed by atoms with van der Waals surface area (Å²) in [5.74, 6) is 3.21. The van der Waals surface area contributed by atoms with Crippen LogP contribution in [0.25, 0.3) is 0 Å². The Kier molecular flexibility index (Phi) is 4.77. The second-order valence-electron chi connectivity index (χ2n) is 4.31. The summed E-state index contributed by atoms with van der Waals surface area (Å²) < 4.78 is 1.64. The Bertz CT molecular complexity index is 456. The lowest BCUT2D eigenvalue weighted by molar-refractivity contribution is 0.605. The van der Waals surface area contributed by atoms with Crippen molar-refractivity contribution in [2.24, 2.45) is 5.92 Å². The number of hydrogen-bond acceptors (Lipinski definition) is 3. The molecule has 1 aromatic heterocycles. The summed E-state index contributed by atoms with van der Waals surface area (Å²) in [6.45, 7) is 6.73. The van der Waals surface area contributed by atoms with E-state index in [1.807, 2.05) is 20.8 Å². The monoisotopic (exact) mass is 233 g/mol. The number of aryl methyl sites for hydroxylation is 1. The standard InChI is InChI=1S/C13H19N3O/c1-5-8-16-9-7-14-12(13(16)17)15-11(6-2)10(3)4/h2,7,9-11H,5,8H2,1,3-4H3,(H,14,15). The molecule has 0 aliphatic heterocycles. The molecule has 92 valence electrons. The molecule has 0 aliphatic carbocycles. The maximum atomic E-state index is 12.0. The Balaban J connectivity index is 2.96. The molecule has 0 radical (unpaired) electrons. The van der Waals surface area contributed by atoms with Crippen molar-refractivity contribution in [3.8, 4) is 12.3 Å². The number of aromatic nitrogens is 2. The molecule has 4 heteroatoms. The van der Waals surface area contributed by atoms with Gasteiger partial charge in [0, 0.05) is 18.9 Å². The predicted octanol–water partition coefficient (Wildman–Crippen LogP) is 1.72. The van der Waals surface area contributed by atoms with Crippen molar-refractivity contribution in [1.29, 1.82) is 0 Å². The lowest BCUT2D eigenvalue weighted by atomic mass is 10.1. The third-order valence-corrected chi connectivity index (χ3v) is 2.52. The van der Waals surface area contributed by atoms with Crippen LogP contribution in [0.3, 0.4) is 0 Å². The predicted molar refractivity (Wildman–Crippen MR) is 69.9 cm³/mol. The van der Waals surface area contributed by atoms with Crippen molar-refractivity contribution < 1.29 is 0 Å². The van der Waals surface area contributed by atoms with E-state index in [0.29, 0.717) is 12.4 Å². The van der Waals surface area contributed by atoms with Crippen molar-refractivity contribution in [3.63, 3.8) is 0 Å². The molecule has 0 spiro atoms. The summed E-state index contributed by atoms with van der Waals surface area (Å²) in [6, 6.07) is -0.173. The summed E-state index contributed by atoms with van der Waals surface area (Å²) in [4.78, 5) is 16.1. The van der Waals surface area contributed by atoms with Gasteiger partial charge in [-0.3, -0.25) is 4.79 Å². The smallest absolute Gasteiger partial charge is 0.293 e. The Hall–Kier alpha value is -1.76. The van der Waals surface area contributed by atoms with Crippen LogP contribution < -0.4 is 10.9 Å². The molecular weight excluding hydrogens is 214 g/mol. The number of nitrogens with one attached hydrogen (secondary N) is 1. The Morgan fingerprint density at radius 3 is 2.82 bits per heavy atom. The van der Waals surface area contributed by atoms with E-state index >= 15 is 0 Å². The van der Waals surface area contributed by atoms with Gasteiger partial charge < -0.3 is 9.88 Å². The average Bonchev–Trinajstić information content (AvgIpc) is 2.30. The van der Waals surface area contributed by atoms with Crippen LogP contribution in [0.15, 0.2) is 17.2 Å². The van der Waals surface area contributed by atoms with E-state index in [1.54, 1.807) is 17.0 Å². The molecule has 1 aromatic rings. The van der Waals surface area contributed by atoms with Gasteiger partial charge in [-0.1, -0.05) is 26.7 Å². The van der Waals surface area contributed by atoms with Crippen LogP contribution in [0.1, 0.15) is 27.2 Å². The van der Waals surface area contributed by atoms with E-state index in [4.69, 9.17) is 6.42 Å². The number of rotatable bonds is 5. The van der Waals surface area contributed by atoms with Crippen LogP contribution in [0.4, 0.5) is 5.82 Å². The molecule has 4 nitrogen and oxygen atoms in total. The highest BCUT2D eigenvalue weighted by Gasteiger charge is 2.13. The third-order valence-electron chi connectivity index (χ3n) is 2.52.